The lowest BCUT2D eigenvalue weighted by Gasteiger charge is -2.10. The van der Waals surface area contributed by atoms with Gasteiger partial charge >= 0.3 is 0 Å². The van der Waals surface area contributed by atoms with Crippen LogP contribution >= 0.6 is 0 Å². The summed E-state index contributed by atoms with van der Waals surface area (Å²) in [7, 11) is 0. The Labute approximate surface area is 150 Å². The Kier molecular flexibility index (Phi) is 4.17. The minimum Gasteiger partial charge on any atom is -0.476 e. The number of imidazole rings is 1. The van der Waals surface area contributed by atoms with Gasteiger partial charge in [-0.2, -0.15) is 0 Å². The number of nitrogens with two attached hydrogens (primary N) is 1. The molecule has 1 aromatic carbocycles. The molecular formula is C20H17N5O. The molecule has 3 heterocycles. The van der Waals surface area contributed by atoms with Crippen molar-refractivity contribution in [2.24, 2.45) is 10.7 Å². The molecule has 0 aliphatic carbocycles. The van der Waals surface area contributed by atoms with E-state index < -0.39 is 0 Å². The lowest BCUT2D eigenvalue weighted by Crippen LogP contribution is -2.07. The Bertz CT molecular complexity index is 1070. The van der Waals surface area contributed by atoms with E-state index in [-0.39, 0.29) is 6.73 Å². The Morgan fingerprint density at radius 1 is 1.08 bits per heavy atom. The first-order chi connectivity index (χ1) is 12.8. The average molecular weight is 343 g/mol. The van der Waals surface area contributed by atoms with Crippen molar-refractivity contribution in [3.05, 3.63) is 67.3 Å². The summed E-state index contributed by atoms with van der Waals surface area (Å²) in [4.78, 5) is 12.7. The second-order valence-corrected chi connectivity index (χ2v) is 5.68. The van der Waals surface area contributed by atoms with Gasteiger partial charge in [0, 0.05) is 24.2 Å². The molecule has 4 rings (SSSR count). The average Bonchev–Trinajstić information content (AvgIpc) is 3.12. The van der Waals surface area contributed by atoms with Crippen molar-refractivity contribution in [1.29, 1.82) is 0 Å². The van der Waals surface area contributed by atoms with E-state index in [1.807, 2.05) is 54.9 Å². The van der Waals surface area contributed by atoms with Crippen LogP contribution in [-0.4, -0.2) is 27.8 Å². The molecule has 0 saturated carbocycles. The van der Waals surface area contributed by atoms with E-state index in [1.54, 1.807) is 6.20 Å². The highest BCUT2D eigenvalue weighted by Crippen LogP contribution is 2.33. The molecule has 0 saturated heterocycles. The first kappa shape index (κ1) is 16.0. The molecule has 0 radical (unpaired) electrons. The quantitative estimate of drug-likeness (QED) is 0.443. The van der Waals surface area contributed by atoms with Crippen LogP contribution in [0.25, 0.3) is 28.0 Å². The van der Waals surface area contributed by atoms with Gasteiger partial charge in [0.15, 0.2) is 0 Å². The van der Waals surface area contributed by atoms with Gasteiger partial charge in [-0.1, -0.05) is 6.07 Å². The molecule has 2 N–H and O–H groups in total. The van der Waals surface area contributed by atoms with Gasteiger partial charge in [-0.3, -0.25) is 20.1 Å². The molecule has 0 amide bonds. The monoisotopic (exact) mass is 343 g/mol. The van der Waals surface area contributed by atoms with E-state index in [0.29, 0.717) is 11.4 Å². The molecule has 0 spiro atoms. The van der Waals surface area contributed by atoms with Gasteiger partial charge in [0.25, 0.3) is 0 Å². The Morgan fingerprint density at radius 3 is 2.73 bits per heavy atom. The molecule has 0 unspecified atom stereocenters. The van der Waals surface area contributed by atoms with Crippen LogP contribution in [0.2, 0.25) is 0 Å². The van der Waals surface area contributed by atoms with Crippen molar-refractivity contribution >= 4 is 18.1 Å². The Morgan fingerprint density at radius 2 is 1.96 bits per heavy atom. The molecule has 26 heavy (non-hydrogen) atoms. The standard InChI is InChI=1S/C20H17N5O/c1-22-17-9-14(4-6-19(17)26-13-21)16-5-7-20-24-11-18(25(20)12-16)15-3-2-8-23-10-15/h2-12H,1,13,21H2. The zero-order valence-electron chi connectivity index (χ0n) is 14.0. The predicted molar refractivity (Wildman–Crippen MR) is 103 cm³/mol. The summed E-state index contributed by atoms with van der Waals surface area (Å²) in [6, 6.07) is 13.7. The van der Waals surface area contributed by atoms with Crippen LogP contribution in [-0.2, 0) is 0 Å². The van der Waals surface area contributed by atoms with E-state index in [1.165, 1.54) is 0 Å². The maximum atomic E-state index is 5.46. The number of hydrogen-bond acceptors (Lipinski definition) is 5. The first-order valence-electron chi connectivity index (χ1n) is 8.11. The third-order valence-electron chi connectivity index (χ3n) is 4.16. The number of hydrogen-bond donors (Lipinski definition) is 1. The molecule has 0 atom stereocenters. The summed E-state index contributed by atoms with van der Waals surface area (Å²) in [6.07, 6.45) is 7.49. The first-order valence-corrected chi connectivity index (χ1v) is 8.11. The minimum absolute atomic E-state index is 0.0946. The SMILES string of the molecule is C=Nc1cc(-c2ccc3ncc(-c4cccnc4)n3c2)ccc1OCN. The van der Waals surface area contributed by atoms with Crippen LogP contribution in [0.1, 0.15) is 0 Å². The van der Waals surface area contributed by atoms with Gasteiger partial charge in [0.1, 0.15) is 23.8 Å². The summed E-state index contributed by atoms with van der Waals surface area (Å²) in [5.41, 5.74) is 11.0. The normalized spacial score (nSPS) is 10.8. The molecular weight excluding hydrogens is 326 g/mol. The van der Waals surface area contributed by atoms with Gasteiger partial charge < -0.3 is 4.74 Å². The van der Waals surface area contributed by atoms with Crippen molar-refractivity contribution in [2.75, 3.05) is 6.73 Å². The zero-order chi connectivity index (χ0) is 17.9. The van der Waals surface area contributed by atoms with Gasteiger partial charge in [-0.05, 0) is 54.2 Å². The summed E-state index contributed by atoms with van der Waals surface area (Å²) >= 11 is 0. The van der Waals surface area contributed by atoms with Crippen LogP contribution in [0.3, 0.4) is 0 Å². The lowest BCUT2D eigenvalue weighted by molar-refractivity contribution is 0.331. The van der Waals surface area contributed by atoms with E-state index in [2.05, 4.69) is 32.3 Å². The van der Waals surface area contributed by atoms with Gasteiger partial charge in [0.2, 0.25) is 0 Å². The largest absolute Gasteiger partial charge is 0.476 e. The van der Waals surface area contributed by atoms with Crippen LogP contribution in [0.15, 0.2) is 72.2 Å². The Balaban J connectivity index is 1.82. The van der Waals surface area contributed by atoms with Crippen LogP contribution in [0.4, 0.5) is 5.69 Å². The van der Waals surface area contributed by atoms with Crippen molar-refractivity contribution in [2.45, 2.75) is 0 Å². The van der Waals surface area contributed by atoms with E-state index in [4.69, 9.17) is 10.5 Å². The van der Waals surface area contributed by atoms with Gasteiger partial charge in [-0.25, -0.2) is 4.98 Å². The summed E-state index contributed by atoms with van der Waals surface area (Å²) in [6.45, 7) is 3.71. The highest BCUT2D eigenvalue weighted by Gasteiger charge is 2.09. The van der Waals surface area contributed by atoms with E-state index >= 15 is 0 Å². The number of rotatable bonds is 5. The van der Waals surface area contributed by atoms with Gasteiger partial charge in [0.05, 0.1) is 11.9 Å². The maximum Gasteiger partial charge on any atom is 0.146 e. The van der Waals surface area contributed by atoms with Crippen molar-refractivity contribution in [3.63, 3.8) is 0 Å². The second-order valence-electron chi connectivity index (χ2n) is 5.68. The number of ether oxygens (including phenoxy) is 1. The van der Waals surface area contributed by atoms with E-state index in [0.717, 1.165) is 28.0 Å². The third-order valence-corrected chi connectivity index (χ3v) is 4.16. The molecule has 4 aromatic rings. The zero-order valence-corrected chi connectivity index (χ0v) is 14.0. The van der Waals surface area contributed by atoms with Crippen molar-refractivity contribution in [3.8, 4) is 28.1 Å². The third kappa shape index (κ3) is 2.82. The van der Waals surface area contributed by atoms with Crippen LogP contribution in [0.5, 0.6) is 5.75 Å². The van der Waals surface area contributed by atoms with Crippen LogP contribution in [0, 0.1) is 0 Å². The van der Waals surface area contributed by atoms with Crippen LogP contribution < -0.4 is 10.5 Å². The van der Waals surface area contributed by atoms with Crippen molar-refractivity contribution < 1.29 is 4.74 Å². The number of aliphatic imine (C=N–C) groups is 1. The summed E-state index contributed by atoms with van der Waals surface area (Å²) in [5, 5.41) is 0. The number of fused-ring (bicyclic) bond motifs is 1. The van der Waals surface area contributed by atoms with Gasteiger partial charge in [-0.15, -0.1) is 0 Å². The molecule has 0 aliphatic heterocycles. The molecule has 128 valence electrons. The predicted octanol–water partition coefficient (Wildman–Crippen LogP) is 3.69. The highest BCUT2D eigenvalue weighted by molar-refractivity contribution is 5.73. The number of aromatic nitrogens is 3. The fourth-order valence-corrected chi connectivity index (χ4v) is 2.91. The molecule has 6 heteroatoms. The maximum absolute atomic E-state index is 5.46. The lowest BCUT2D eigenvalue weighted by atomic mass is 10.1. The number of benzene rings is 1. The molecule has 0 aliphatic rings. The fourth-order valence-electron chi connectivity index (χ4n) is 2.91. The molecule has 0 fully saturated rings. The molecule has 6 nitrogen and oxygen atoms in total. The fraction of sp³-hybridized carbons (Fsp3) is 0.0500. The second kappa shape index (κ2) is 6.78. The Hall–Kier alpha value is -3.51. The molecule has 3 aromatic heterocycles. The number of nitrogens with zero attached hydrogens (tertiary/aromatic N) is 4. The van der Waals surface area contributed by atoms with E-state index in [9.17, 15) is 0 Å². The number of pyridine rings is 2. The summed E-state index contributed by atoms with van der Waals surface area (Å²) < 4.78 is 7.43. The highest BCUT2D eigenvalue weighted by atomic mass is 16.5. The topological polar surface area (TPSA) is 77.8 Å². The smallest absolute Gasteiger partial charge is 0.146 e. The minimum atomic E-state index is 0.0946. The molecule has 0 bridgehead atoms. The van der Waals surface area contributed by atoms with Crippen molar-refractivity contribution in [1.82, 2.24) is 14.4 Å². The summed E-state index contributed by atoms with van der Waals surface area (Å²) in [5.74, 6) is 0.617.